The first-order valence-corrected chi connectivity index (χ1v) is 8.55. The van der Waals surface area contributed by atoms with Gasteiger partial charge in [0.15, 0.2) is 0 Å². The first kappa shape index (κ1) is 13.9. The van der Waals surface area contributed by atoms with Crippen LogP contribution in [0.5, 0.6) is 0 Å². The highest BCUT2D eigenvalue weighted by Crippen LogP contribution is 2.41. The number of halogens is 1. The largest absolute Gasteiger partial charge is 0.270 e. The summed E-state index contributed by atoms with van der Waals surface area (Å²) >= 11 is 3.51. The Labute approximate surface area is 117 Å². The number of hydrogen-bond acceptors (Lipinski definition) is 2. The van der Waals surface area contributed by atoms with Gasteiger partial charge in [-0.1, -0.05) is 36.7 Å². The standard InChI is InChI=1S/C13H18BrNO2S/c1-13(2,3)11-8-10(14)7-9-5-6-15(12(9)11)18(4,16)17/h7-8H,5-6H2,1-4H3. The molecule has 0 saturated heterocycles. The molecule has 100 valence electrons. The van der Waals surface area contributed by atoms with E-state index in [1.807, 2.05) is 12.1 Å². The first-order chi connectivity index (χ1) is 8.10. The van der Waals surface area contributed by atoms with Gasteiger partial charge in [0.1, 0.15) is 0 Å². The second kappa shape index (κ2) is 4.23. The van der Waals surface area contributed by atoms with Gasteiger partial charge in [-0.05, 0) is 35.1 Å². The summed E-state index contributed by atoms with van der Waals surface area (Å²) in [6, 6.07) is 4.05. The number of anilines is 1. The van der Waals surface area contributed by atoms with Gasteiger partial charge in [0.25, 0.3) is 0 Å². The molecule has 3 nitrogen and oxygen atoms in total. The Kier molecular flexibility index (Phi) is 3.26. The highest BCUT2D eigenvalue weighted by molar-refractivity contribution is 9.10. The second-order valence-electron chi connectivity index (χ2n) is 5.80. The molecule has 2 rings (SSSR count). The van der Waals surface area contributed by atoms with Crippen molar-refractivity contribution in [2.24, 2.45) is 0 Å². The quantitative estimate of drug-likeness (QED) is 0.793. The molecule has 18 heavy (non-hydrogen) atoms. The topological polar surface area (TPSA) is 37.4 Å². The Morgan fingerprint density at radius 2 is 1.89 bits per heavy atom. The summed E-state index contributed by atoms with van der Waals surface area (Å²) < 4.78 is 26.3. The number of fused-ring (bicyclic) bond motifs is 1. The molecule has 1 aliphatic heterocycles. The normalized spacial score (nSPS) is 15.9. The van der Waals surface area contributed by atoms with E-state index in [0.717, 1.165) is 27.7 Å². The zero-order valence-corrected chi connectivity index (χ0v) is 13.5. The molecule has 1 heterocycles. The molecule has 0 saturated carbocycles. The monoisotopic (exact) mass is 331 g/mol. The van der Waals surface area contributed by atoms with Gasteiger partial charge in [0, 0.05) is 11.0 Å². The van der Waals surface area contributed by atoms with Crippen molar-refractivity contribution in [2.75, 3.05) is 17.1 Å². The smallest absolute Gasteiger partial charge is 0.232 e. The minimum absolute atomic E-state index is 0.0822. The van der Waals surface area contributed by atoms with Gasteiger partial charge in [-0.2, -0.15) is 0 Å². The molecule has 0 fully saturated rings. The molecule has 0 unspecified atom stereocenters. The van der Waals surface area contributed by atoms with Crippen LogP contribution < -0.4 is 4.31 Å². The Bertz CT molecular complexity index is 588. The van der Waals surface area contributed by atoms with Crippen molar-refractivity contribution in [1.29, 1.82) is 0 Å². The van der Waals surface area contributed by atoms with Crippen LogP contribution in [0.4, 0.5) is 5.69 Å². The Hall–Kier alpha value is -0.550. The molecule has 0 aliphatic carbocycles. The van der Waals surface area contributed by atoms with E-state index in [9.17, 15) is 8.42 Å². The Morgan fingerprint density at radius 3 is 2.39 bits per heavy atom. The molecule has 0 amide bonds. The third-order valence-corrected chi connectivity index (χ3v) is 4.82. The van der Waals surface area contributed by atoms with Gasteiger partial charge in [-0.25, -0.2) is 8.42 Å². The average molecular weight is 332 g/mol. The second-order valence-corrected chi connectivity index (χ2v) is 8.62. The zero-order chi connectivity index (χ0) is 13.7. The van der Waals surface area contributed by atoms with E-state index in [1.54, 1.807) is 0 Å². The molecule has 0 N–H and O–H groups in total. The van der Waals surface area contributed by atoms with E-state index in [1.165, 1.54) is 10.6 Å². The van der Waals surface area contributed by atoms with Crippen LogP contribution in [-0.2, 0) is 21.9 Å². The predicted molar refractivity (Wildman–Crippen MR) is 78.7 cm³/mol. The number of nitrogens with zero attached hydrogens (tertiary/aromatic N) is 1. The van der Waals surface area contributed by atoms with Crippen LogP contribution in [-0.4, -0.2) is 21.2 Å². The highest BCUT2D eigenvalue weighted by atomic mass is 79.9. The third-order valence-electron chi connectivity index (χ3n) is 3.20. The lowest BCUT2D eigenvalue weighted by Gasteiger charge is -2.27. The SMILES string of the molecule is CC(C)(C)c1cc(Br)cc2c1N(S(C)(=O)=O)CC2. The van der Waals surface area contributed by atoms with Crippen molar-refractivity contribution in [2.45, 2.75) is 32.6 Å². The van der Waals surface area contributed by atoms with E-state index < -0.39 is 10.0 Å². The van der Waals surface area contributed by atoms with E-state index in [-0.39, 0.29) is 5.41 Å². The molecule has 0 atom stereocenters. The van der Waals surface area contributed by atoms with E-state index in [2.05, 4.69) is 36.7 Å². The summed E-state index contributed by atoms with van der Waals surface area (Å²) in [5.74, 6) is 0. The molecule has 0 radical (unpaired) electrons. The van der Waals surface area contributed by atoms with Crippen LogP contribution >= 0.6 is 15.9 Å². The molecule has 0 bridgehead atoms. The predicted octanol–water partition coefficient (Wildman–Crippen LogP) is 3.07. The number of hydrogen-bond donors (Lipinski definition) is 0. The summed E-state index contributed by atoms with van der Waals surface area (Å²) in [6.07, 6.45) is 2.06. The highest BCUT2D eigenvalue weighted by Gasteiger charge is 2.32. The van der Waals surface area contributed by atoms with E-state index >= 15 is 0 Å². The average Bonchev–Trinajstić information content (AvgIpc) is 2.57. The number of rotatable bonds is 1. The van der Waals surface area contributed by atoms with Crippen LogP contribution in [0.1, 0.15) is 31.9 Å². The zero-order valence-electron chi connectivity index (χ0n) is 11.1. The lowest BCUT2D eigenvalue weighted by atomic mass is 9.85. The van der Waals surface area contributed by atoms with Gasteiger partial charge >= 0.3 is 0 Å². The van der Waals surface area contributed by atoms with Crippen molar-refractivity contribution in [3.8, 4) is 0 Å². The first-order valence-electron chi connectivity index (χ1n) is 5.91. The molecule has 1 aromatic rings. The van der Waals surface area contributed by atoms with Crippen LogP contribution in [0.3, 0.4) is 0 Å². The lowest BCUT2D eigenvalue weighted by molar-refractivity contribution is 0.586. The molecule has 5 heteroatoms. The van der Waals surface area contributed by atoms with Crippen molar-refractivity contribution in [3.05, 3.63) is 27.7 Å². The Balaban J connectivity index is 2.71. The molecule has 1 aliphatic rings. The van der Waals surface area contributed by atoms with Crippen molar-refractivity contribution >= 4 is 31.6 Å². The van der Waals surface area contributed by atoms with Gasteiger partial charge in [0.05, 0.1) is 11.9 Å². The van der Waals surface area contributed by atoms with E-state index in [4.69, 9.17) is 0 Å². The van der Waals surface area contributed by atoms with E-state index in [0.29, 0.717) is 6.54 Å². The van der Waals surface area contributed by atoms with Crippen molar-refractivity contribution in [1.82, 2.24) is 0 Å². The van der Waals surface area contributed by atoms with Crippen molar-refractivity contribution < 1.29 is 8.42 Å². The number of sulfonamides is 1. The molecule has 1 aromatic carbocycles. The van der Waals surface area contributed by atoms with Gasteiger partial charge in [-0.15, -0.1) is 0 Å². The maximum absolute atomic E-state index is 11.9. The van der Waals surface area contributed by atoms with Crippen molar-refractivity contribution in [3.63, 3.8) is 0 Å². The minimum atomic E-state index is -3.19. The molecular weight excluding hydrogens is 314 g/mol. The molecular formula is C13H18BrNO2S. The van der Waals surface area contributed by atoms with Crippen LogP contribution in [0.2, 0.25) is 0 Å². The summed E-state index contributed by atoms with van der Waals surface area (Å²) in [5, 5.41) is 0. The Morgan fingerprint density at radius 1 is 1.28 bits per heavy atom. The fourth-order valence-corrected chi connectivity index (χ4v) is 3.85. The summed E-state index contributed by atoms with van der Waals surface area (Å²) in [5.41, 5.74) is 2.99. The third kappa shape index (κ3) is 2.43. The fraction of sp³-hybridized carbons (Fsp3) is 0.538. The fourth-order valence-electron chi connectivity index (χ4n) is 2.38. The lowest BCUT2D eigenvalue weighted by Crippen LogP contribution is -2.30. The van der Waals surface area contributed by atoms with Gasteiger partial charge < -0.3 is 0 Å². The summed E-state index contributed by atoms with van der Waals surface area (Å²) in [7, 11) is -3.19. The summed E-state index contributed by atoms with van der Waals surface area (Å²) in [6.45, 7) is 6.86. The minimum Gasteiger partial charge on any atom is -0.270 e. The van der Waals surface area contributed by atoms with Gasteiger partial charge in [0.2, 0.25) is 10.0 Å². The van der Waals surface area contributed by atoms with Crippen LogP contribution in [0.25, 0.3) is 0 Å². The van der Waals surface area contributed by atoms with Crippen LogP contribution in [0, 0.1) is 0 Å². The molecule has 0 aromatic heterocycles. The summed E-state index contributed by atoms with van der Waals surface area (Å²) in [4.78, 5) is 0. The maximum atomic E-state index is 11.9. The van der Waals surface area contributed by atoms with Crippen LogP contribution in [0.15, 0.2) is 16.6 Å². The van der Waals surface area contributed by atoms with Gasteiger partial charge in [-0.3, -0.25) is 4.31 Å². The molecule has 0 spiro atoms. The maximum Gasteiger partial charge on any atom is 0.232 e. The number of benzene rings is 1.